The molecule has 2 aromatic carbocycles. The van der Waals surface area contributed by atoms with E-state index in [2.05, 4.69) is 10.6 Å². The summed E-state index contributed by atoms with van der Waals surface area (Å²) in [5.74, 6) is -0.0805. The van der Waals surface area contributed by atoms with Crippen molar-refractivity contribution in [2.75, 3.05) is 10.6 Å². The average molecular weight is 427 g/mol. The van der Waals surface area contributed by atoms with Crippen molar-refractivity contribution in [3.63, 3.8) is 0 Å². The second-order valence-electron chi connectivity index (χ2n) is 6.10. The molecule has 3 aromatic rings. The number of hydrogen-bond donors (Lipinski definition) is 2. The first-order valence-electron chi connectivity index (χ1n) is 8.86. The van der Waals surface area contributed by atoms with Crippen LogP contribution in [0.25, 0.3) is 6.08 Å². The Labute approximate surface area is 178 Å². The van der Waals surface area contributed by atoms with E-state index in [1.807, 2.05) is 17.5 Å². The van der Waals surface area contributed by atoms with E-state index in [-0.39, 0.29) is 11.8 Å². The molecular formula is C22H19ClN2O3S. The summed E-state index contributed by atoms with van der Waals surface area (Å²) in [6, 6.07) is 17.7. The summed E-state index contributed by atoms with van der Waals surface area (Å²) in [5, 5.41) is 7.94. The van der Waals surface area contributed by atoms with Crippen LogP contribution in [-0.2, 0) is 9.59 Å². The molecule has 0 bridgehead atoms. The Balaban J connectivity index is 1.52. The van der Waals surface area contributed by atoms with E-state index in [4.69, 9.17) is 16.3 Å². The van der Waals surface area contributed by atoms with Crippen molar-refractivity contribution in [1.29, 1.82) is 0 Å². The van der Waals surface area contributed by atoms with Gasteiger partial charge in [0.25, 0.3) is 5.91 Å². The predicted octanol–water partition coefficient (Wildman–Crippen LogP) is 5.46. The molecule has 0 aliphatic rings. The van der Waals surface area contributed by atoms with Crippen molar-refractivity contribution in [3.8, 4) is 5.75 Å². The van der Waals surface area contributed by atoms with Gasteiger partial charge in [0.2, 0.25) is 5.91 Å². The van der Waals surface area contributed by atoms with Gasteiger partial charge < -0.3 is 15.4 Å². The number of nitrogens with one attached hydrogen (secondary N) is 2. The standard InChI is InChI=1S/C22H19ClN2O3S/c1-15(28-20-7-3-2-6-19(20)23)22(27)25-17-10-8-16(9-11-17)24-21(26)13-12-18-5-4-14-29-18/h2-15H,1H3,(H,24,26)(H,25,27)/b13-12+. The van der Waals surface area contributed by atoms with Crippen molar-refractivity contribution < 1.29 is 14.3 Å². The van der Waals surface area contributed by atoms with Crippen LogP contribution in [0.2, 0.25) is 5.02 Å². The zero-order valence-electron chi connectivity index (χ0n) is 15.6. The maximum absolute atomic E-state index is 12.3. The first-order chi connectivity index (χ1) is 14.0. The number of rotatable bonds is 7. The third-order valence-electron chi connectivity index (χ3n) is 3.87. The monoisotopic (exact) mass is 426 g/mol. The van der Waals surface area contributed by atoms with Gasteiger partial charge in [-0.15, -0.1) is 11.3 Å². The number of ether oxygens (including phenoxy) is 1. The fraction of sp³-hybridized carbons (Fsp3) is 0.0909. The van der Waals surface area contributed by atoms with Crippen molar-refractivity contribution >= 4 is 52.2 Å². The van der Waals surface area contributed by atoms with Gasteiger partial charge in [-0.2, -0.15) is 0 Å². The SMILES string of the molecule is CC(Oc1ccccc1Cl)C(=O)Nc1ccc(NC(=O)/C=C/c2cccs2)cc1. The maximum atomic E-state index is 12.3. The molecule has 0 radical (unpaired) electrons. The molecule has 148 valence electrons. The summed E-state index contributed by atoms with van der Waals surface area (Å²) in [5.41, 5.74) is 1.22. The minimum atomic E-state index is -0.725. The summed E-state index contributed by atoms with van der Waals surface area (Å²) >= 11 is 7.61. The number of amides is 2. The highest BCUT2D eigenvalue weighted by atomic mass is 35.5. The third kappa shape index (κ3) is 6.20. The molecule has 3 rings (SSSR count). The van der Waals surface area contributed by atoms with E-state index < -0.39 is 6.10 Å². The Morgan fingerprint density at radius 1 is 1.00 bits per heavy atom. The van der Waals surface area contributed by atoms with Gasteiger partial charge in [0.15, 0.2) is 6.10 Å². The fourth-order valence-corrected chi connectivity index (χ4v) is 3.19. The lowest BCUT2D eigenvalue weighted by Gasteiger charge is -2.15. The molecule has 0 saturated heterocycles. The van der Waals surface area contributed by atoms with Gasteiger partial charge in [0, 0.05) is 22.3 Å². The highest BCUT2D eigenvalue weighted by molar-refractivity contribution is 7.10. The van der Waals surface area contributed by atoms with Crippen LogP contribution in [0.3, 0.4) is 0 Å². The van der Waals surface area contributed by atoms with Crippen molar-refractivity contribution in [2.45, 2.75) is 13.0 Å². The summed E-state index contributed by atoms with van der Waals surface area (Å²) in [7, 11) is 0. The molecule has 7 heteroatoms. The molecule has 1 unspecified atom stereocenters. The minimum Gasteiger partial charge on any atom is -0.479 e. The van der Waals surface area contributed by atoms with Crippen LogP contribution >= 0.6 is 22.9 Å². The second-order valence-corrected chi connectivity index (χ2v) is 7.48. The topological polar surface area (TPSA) is 67.4 Å². The van der Waals surface area contributed by atoms with Crippen LogP contribution in [0.15, 0.2) is 72.1 Å². The third-order valence-corrected chi connectivity index (χ3v) is 5.02. The number of hydrogen-bond acceptors (Lipinski definition) is 4. The summed E-state index contributed by atoms with van der Waals surface area (Å²) < 4.78 is 5.61. The van der Waals surface area contributed by atoms with Crippen LogP contribution in [0.4, 0.5) is 11.4 Å². The van der Waals surface area contributed by atoms with Gasteiger partial charge in [-0.3, -0.25) is 9.59 Å². The number of carbonyl (C=O) groups excluding carboxylic acids is 2. The van der Waals surface area contributed by atoms with E-state index >= 15 is 0 Å². The second kappa shape index (κ2) is 9.91. The minimum absolute atomic E-state index is 0.225. The lowest BCUT2D eigenvalue weighted by molar-refractivity contribution is -0.122. The first kappa shape index (κ1) is 20.6. The molecule has 1 heterocycles. The summed E-state index contributed by atoms with van der Waals surface area (Å²) in [4.78, 5) is 25.3. The maximum Gasteiger partial charge on any atom is 0.265 e. The normalized spacial score (nSPS) is 11.8. The summed E-state index contributed by atoms with van der Waals surface area (Å²) in [6.07, 6.45) is 2.51. The van der Waals surface area contributed by atoms with Gasteiger partial charge in [-0.1, -0.05) is 29.8 Å². The molecule has 29 heavy (non-hydrogen) atoms. The molecule has 0 aliphatic carbocycles. The zero-order valence-corrected chi connectivity index (χ0v) is 17.2. The smallest absolute Gasteiger partial charge is 0.265 e. The number of halogens is 1. The van der Waals surface area contributed by atoms with Gasteiger partial charge in [0.05, 0.1) is 5.02 Å². The van der Waals surface area contributed by atoms with Gasteiger partial charge in [-0.25, -0.2) is 0 Å². The Morgan fingerprint density at radius 3 is 2.34 bits per heavy atom. The molecule has 0 spiro atoms. The predicted molar refractivity (Wildman–Crippen MR) is 119 cm³/mol. The molecule has 1 aromatic heterocycles. The molecule has 0 saturated carbocycles. The molecule has 5 nitrogen and oxygen atoms in total. The van der Waals surface area contributed by atoms with Crippen LogP contribution in [0, 0.1) is 0 Å². The molecule has 0 aliphatic heterocycles. The number of benzene rings is 2. The average Bonchev–Trinajstić information content (AvgIpc) is 3.23. The lowest BCUT2D eigenvalue weighted by Crippen LogP contribution is -2.30. The molecule has 1 atom stereocenters. The Morgan fingerprint density at radius 2 is 1.69 bits per heavy atom. The Kier molecular flexibility index (Phi) is 7.05. The van der Waals surface area contributed by atoms with Crippen LogP contribution in [0.5, 0.6) is 5.75 Å². The van der Waals surface area contributed by atoms with Crippen LogP contribution in [-0.4, -0.2) is 17.9 Å². The van der Waals surface area contributed by atoms with Crippen molar-refractivity contribution in [2.24, 2.45) is 0 Å². The number of para-hydroxylation sites is 1. The van der Waals surface area contributed by atoms with Gasteiger partial charge in [-0.05, 0) is 60.8 Å². The largest absolute Gasteiger partial charge is 0.479 e. The van der Waals surface area contributed by atoms with Crippen LogP contribution in [0.1, 0.15) is 11.8 Å². The van der Waals surface area contributed by atoms with E-state index in [0.717, 1.165) is 4.88 Å². The van der Waals surface area contributed by atoms with E-state index in [1.54, 1.807) is 72.9 Å². The molecule has 2 N–H and O–H groups in total. The van der Waals surface area contributed by atoms with Crippen LogP contribution < -0.4 is 15.4 Å². The van der Waals surface area contributed by atoms with E-state index in [9.17, 15) is 9.59 Å². The highest BCUT2D eigenvalue weighted by Crippen LogP contribution is 2.24. The number of thiophene rings is 1. The highest BCUT2D eigenvalue weighted by Gasteiger charge is 2.16. The zero-order chi connectivity index (χ0) is 20.6. The quantitative estimate of drug-likeness (QED) is 0.493. The first-order valence-corrected chi connectivity index (χ1v) is 10.1. The Hall–Kier alpha value is -3.09. The molecular weight excluding hydrogens is 408 g/mol. The molecule has 2 amide bonds. The summed E-state index contributed by atoms with van der Waals surface area (Å²) in [6.45, 7) is 1.65. The van der Waals surface area contributed by atoms with Crippen molar-refractivity contribution in [3.05, 3.63) is 82.0 Å². The Bertz CT molecular complexity index is 1000. The fourth-order valence-electron chi connectivity index (χ4n) is 2.39. The van der Waals surface area contributed by atoms with Gasteiger partial charge in [0.1, 0.15) is 5.75 Å². The van der Waals surface area contributed by atoms with E-state index in [0.29, 0.717) is 22.1 Å². The lowest BCUT2D eigenvalue weighted by atomic mass is 10.2. The number of carbonyl (C=O) groups is 2. The van der Waals surface area contributed by atoms with E-state index in [1.165, 1.54) is 6.08 Å². The van der Waals surface area contributed by atoms with Gasteiger partial charge >= 0.3 is 0 Å². The molecule has 0 fully saturated rings. The van der Waals surface area contributed by atoms with Crippen molar-refractivity contribution in [1.82, 2.24) is 0 Å². The number of anilines is 2.